The summed E-state index contributed by atoms with van der Waals surface area (Å²) in [5.41, 5.74) is 2.85. The molecule has 2 aromatic carbocycles. The zero-order valence-corrected chi connectivity index (χ0v) is 19.8. The Morgan fingerprint density at radius 2 is 1.94 bits per heavy atom. The fourth-order valence-electron chi connectivity index (χ4n) is 4.02. The SMILES string of the molecule is COc1ccc(-c2cn3nc(N4CCC(C(=O)NCc5ccccc5Cl)CC4)sc3n2)cc1. The molecule has 1 fully saturated rings. The summed E-state index contributed by atoms with van der Waals surface area (Å²) in [7, 11) is 1.66. The number of hydrogen-bond donors (Lipinski definition) is 1. The highest BCUT2D eigenvalue weighted by Gasteiger charge is 2.27. The van der Waals surface area contributed by atoms with Crippen LogP contribution in [-0.2, 0) is 11.3 Å². The molecule has 0 bridgehead atoms. The quantitative estimate of drug-likeness (QED) is 0.434. The van der Waals surface area contributed by atoms with E-state index in [0.29, 0.717) is 11.6 Å². The number of halogens is 1. The van der Waals surface area contributed by atoms with E-state index >= 15 is 0 Å². The maximum absolute atomic E-state index is 12.6. The van der Waals surface area contributed by atoms with Crippen LogP contribution in [0.4, 0.5) is 5.13 Å². The molecule has 4 aromatic rings. The molecule has 0 aliphatic carbocycles. The first-order chi connectivity index (χ1) is 16.1. The van der Waals surface area contributed by atoms with E-state index in [2.05, 4.69) is 10.2 Å². The Labute approximate surface area is 201 Å². The molecule has 170 valence electrons. The van der Waals surface area contributed by atoms with Gasteiger partial charge in [0.25, 0.3) is 0 Å². The Morgan fingerprint density at radius 1 is 1.18 bits per heavy atom. The molecule has 2 aromatic heterocycles. The minimum atomic E-state index is 0.00876. The average molecular weight is 482 g/mol. The maximum Gasteiger partial charge on any atom is 0.223 e. The first-order valence-electron chi connectivity index (χ1n) is 10.9. The lowest BCUT2D eigenvalue weighted by Gasteiger charge is -2.30. The van der Waals surface area contributed by atoms with E-state index < -0.39 is 0 Å². The first kappa shape index (κ1) is 21.7. The fourth-order valence-corrected chi connectivity index (χ4v) is 5.16. The van der Waals surface area contributed by atoms with Crippen molar-refractivity contribution in [3.05, 3.63) is 65.3 Å². The lowest BCUT2D eigenvalue weighted by Crippen LogP contribution is -2.40. The van der Waals surface area contributed by atoms with Crippen LogP contribution < -0.4 is 15.0 Å². The molecule has 1 amide bonds. The van der Waals surface area contributed by atoms with Crippen LogP contribution in [0.3, 0.4) is 0 Å². The normalized spacial score (nSPS) is 14.5. The second-order valence-corrected chi connectivity index (χ2v) is 9.38. The van der Waals surface area contributed by atoms with Gasteiger partial charge >= 0.3 is 0 Å². The number of benzene rings is 2. The lowest BCUT2D eigenvalue weighted by atomic mass is 9.96. The van der Waals surface area contributed by atoms with E-state index in [1.165, 1.54) is 0 Å². The number of hydrogen-bond acceptors (Lipinski definition) is 6. The number of rotatable bonds is 6. The van der Waals surface area contributed by atoms with Crippen LogP contribution in [0, 0.1) is 5.92 Å². The number of anilines is 1. The molecule has 7 nitrogen and oxygen atoms in total. The zero-order chi connectivity index (χ0) is 22.8. The average Bonchev–Trinajstić information content (AvgIpc) is 3.43. The van der Waals surface area contributed by atoms with Crippen molar-refractivity contribution in [2.45, 2.75) is 19.4 Å². The summed E-state index contributed by atoms with van der Waals surface area (Å²) in [6, 6.07) is 15.4. The largest absolute Gasteiger partial charge is 0.497 e. The summed E-state index contributed by atoms with van der Waals surface area (Å²) in [5, 5.41) is 9.38. The number of ether oxygens (including phenoxy) is 1. The summed E-state index contributed by atoms with van der Waals surface area (Å²) in [6.07, 6.45) is 3.55. The Hall–Kier alpha value is -3.10. The summed E-state index contributed by atoms with van der Waals surface area (Å²) in [5.74, 6) is 0.920. The smallest absolute Gasteiger partial charge is 0.223 e. The highest BCUT2D eigenvalue weighted by atomic mass is 35.5. The van der Waals surface area contributed by atoms with Gasteiger partial charge in [-0.05, 0) is 48.7 Å². The minimum Gasteiger partial charge on any atom is -0.497 e. The van der Waals surface area contributed by atoms with Crippen molar-refractivity contribution in [3.8, 4) is 17.0 Å². The van der Waals surface area contributed by atoms with Gasteiger partial charge in [-0.15, -0.1) is 5.10 Å². The number of methoxy groups -OCH3 is 1. The molecule has 9 heteroatoms. The number of piperidine rings is 1. The van der Waals surface area contributed by atoms with Crippen molar-refractivity contribution in [1.82, 2.24) is 19.9 Å². The summed E-state index contributed by atoms with van der Waals surface area (Å²) in [6.45, 7) is 2.05. The number of nitrogens with zero attached hydrogens (tertiary/aromatic N) is 4. The van der Waals surface area contributed by atoms with Gasteiger partial charge in [0.1, 0.15) is 5.75 Å². The Kier molecular flexibility index (Phi) is 6.20. The van der Waals surface area contributed by atoms with E-state index in [9.17, 15) is 4.79 Å². The molecule has 1 aliphatic heterocycles. The van der Waals surface area contributed by atoms with E-state index in [1.54, 1.807) is 18.4 Å². The van der Waals surface area contributed by atoms with Crippen molar-refractivity contribution in [2.24, 2.45) is 5.92 Å². The number of nitrogens with one attached hydrogen (secondary N) is 1. The molecule has 0 spiro atoms. The van der Waals surface area contributed by atoms with Crippen molar-refractivity contribution in [1.29, 1.82) is 0 Å². The predicted octanol–water partition coefficient (Wildman–Crippen LogP) is 4.65. The summed E-state index contributed by atoms with van der Waals surface area (Å²) in [4.78, 5) is 20.5. The lowest BCUT2D eigenvalue weighted by molar-refractivity contribution is -0.125. The van der Waals surface area contributed by atoms with Crippen LogP contribution in [0.25, 0.3) is 16.2 Å². The molecule has 5 rings (SSSR count). The van der Waals surface area contributed by atoms with E-state index in [0.717, 1.165) is 58.6 Å². The van der Waals surface area contributed by atoms with Gasteiger partial charge in [0.2, 0.25) is 16.0 Å². The van der Waals surface area contributed by atoms with Crippen molar-refractivity contribution in [3.63, 3.8) is 0 Å². The number of carbonyl (C=O) groups excluding carboxylic acids is 1. The van der Waals surface area contributed by atoms with E-state index in [-0.39, 0.29) is 11.8 Å². The van der Waals surface area contributed by atoms with Crippen LogP contribution in [0.1, 0.15) is 18.4 Å². The predicted molar refractivity (Wildman–Crippen MR) is 131 cm³/mol. The van der Waals surface area contributed by atoms with Gasteiger partial charge in [-0.1, -0.05) is 41.1 Å². The summed E-state index contributed by atoms with van der Waals surface area (Å²) < 4.78 is 7.06. The molecular formula is C24H24ClN5O2S. The number of amides is 1. The Balaban J connectivity index is 1.18. The molecule has 3 heterocycles. The molecule has 1 N–H and O–H groups in total. The van der Waals surface area contributed by atoms with Crippen LogP contribution in [0.2, 0.25) is 5.02 Å². The third kappa shape index (κ3) is 4.67. The fraction of sp³-hybridized carbons (Fsp3) is 0.292. The van der Waals surface area contributed by atoms with Crippen LogP contribution in [0.5, 0.6) is 5.75 Å². The Morgan fingerprint density at radius 3 is 2.64 bits per heavy atom. The maximum atomic E-state index is 12.6. The molecule has 0 unspecified atom stereocenters. The van der Waals surface area contributed by atoms with Gasteiger partial charge in [0.05, 0.1) is 19.0 Å². The first-order valence-corrected chi connectivity index (χ1v) is 12.1. The third-order valence-corrected chi connectivity index (χ3v) is 7.32. The van der Waals surface area contributed by atoms with Gasteiger partial charge in [-0.25, -0.2) is 9.50 Å². The summed E-state index contributed by atoms with van der Waals surface area (Å²) >= 11 is 7.76. The number of carbonyl (C=O) groups is 1. The molecule has 0 atom stereocenters. The van der Waals surface area contributed by atoms with Crippen molar-refractivity contribution < 1.29 is 9.53 Å². The van der Waals surface area contributed by atoms with Crippen molar-refractivity contribution >= 4 is 38.9 Å². The third-order valence-electron chi connectivity index (χ3n) is 5.97. The minimum absolute atomic E-state index is 0.00876. The van der Waals surface area contributed by atoms with Gasteiger partial charge in [0.15, 0.2) is 0 Å². The van der Waals surface area contributed by atoms with Gasteiger partial charge in [-0.2, -0.15) is 0 Å². The molecule has 0 saturated carbocycles. The molecule has 0 radical (unpaired) electrons. The van der Waals surface area contributed by atoms with Gasteiger partial charge in [0, 0.05) is 36.1 Å². The molecule has 1 aliphatic rings. The van der Waals surface area contributed by atoms with Crippen LogP contribution in [0.15, 0.2) is 54.7 Å². The second kappa shape index (κ2) is 9.41. The number of imidazole rings is 1. The van der Waals surface area contributed by atoms with E-state index in [4.69, 9.17) is 26.4 Å². The standard InChI is InChI=1S/C24H24ClN5O2S/c1-32-19-8-6-16(7-9-19)21-15-30-23(27-21)33-24(28-30)29-12-10-17(11-13-29)22(31)26-14-18-4-2-3-5-20(18)25/h2-9,15,17H,10-14H2,1H3,(H,26,31). The number of fused-ring (bicyclic) bond motifs is 1. The van der Waals surface area contributed by atoms with E-state index in [1.807, 2.05) is 59.2 Å². The van der Waals surface area contributed by atoms with Gasteiger partial charge < -0.3 is 15.0 Å². The zero-order valence-electron chi connectivity index (χ0n) is 18.2. The monoisotopic (exact) mass is 481 g/mol. The van der Waals surface area contributed by atoms with Crippen LogP contribution >= 0.6 is 22.9 Å². The molecule has 33 heavy (non-hydrogen) atoms. The van der Waals surface area contributed by atoms with Gasteiger partial charge in [-0.3, -0.25) is 4.79 Å². The molecule has 1 saturated heterocycles. The number of aromatic nitrogens is 3. The van der Waals surface area contributed by atoms with Crippen molar-refractivity contribution in [2.75, 3.05) is 25.1 Å². The molecular weight excluding hydrogens is 458 g/mol. The highest BCUT2D eigenvalue weighted by Crippen LogP contribution is 2.30. The van der Waals surface area contributed by atoms with Crippen LogP contribution in [-0.4, -0.2) is 40.7 Å². The topological polar surface area (TPSA) is 71.8 Å². The Bertz CT molecular complexity index is 1230. The highest BCUT2D eigenvalue weighted by molar-refractivity contribution is 7.20. The second-order valence-electron chi connectivity index (χ2n) is 8.04.